The van der Waals surface area contributed by atoms with Crippen LogP contribution in [0.15, 0.2) is 64.4 Å². The smallest absolute Gasteiger partial charge is 0.244 e. The van der Waals surface area contributed by atoms with E-state index in [2.05, 4.69) is 5.32 Å². The SMILES string of the molecule is NS(=O)(=O)c1c(F)c(F)c(S(=O)(=O)CCc2ccccc2)c(N[C@H]2CCCc3ccccc32)c1F. The Morgan fingerprint density at radius 3 is 2.17 bits per heavy atom. The van der Waals surface area contributed by atoms with Crippen LogP contribution in [0.5, 0.6) is 0 Å². The molecular weight excluding hydrogens is 501 g/mol. The third kappa shape index (κ3) is 5.07. The number of fused-ring (bicyclic) bond motifs is 1. The van der Waals surface area contributed by atoms with Crippen molar-refractivity contribution in [3.63, 3.8) is 0 Å². The molecule has 3 aromatic rings. The number of hydrogen-bond acceptors (Lipinski definition) is 5. The fourth-order valence-electron chi connectivity index (χ4n) is 4.37. The fraction of sp³-hybridized carbons (Fsp3) is 0.250. The van der Waals surface area contributed by atoms with Crippen molar-refractivity contribution in [1.82, 2.24) is 0 Å². The van der Waals surface area contributed by atoms with E-state index >= 15 is 8.78 Å². The number of primary sulfonamides is 1. The molecule has 1 aliphatic carbocycles. The van der Waals surface area contributed by atoms with Gasteiger partial charge in [-0.15, -0.1) is 0 Å². The minimum atomic E-state index is -5.05. The molecule has 11 heteroatoms. The average Bonchev–Trinajstić information content (AvgIpc) is 2.81. The van der Waals surface area contributed by atoms with Crippen LogP contribution in [-0.4, -0.2) is 22.6 Å². The molecular formula is C24H23F3N2O4S2. The van der Waals surface area contributed by atoms with Gasteiger partial charge in [0.15, 0.2) is 32.2 Å². The van der Waals surface area contributed by atoms with E-state index in [1.165, 1.54) is 0 Å². The number of nitrogens with two attached hydrogens (primary N) is 1. The number of halogens is 3. The molecule has 1 atom stereocenters. The minimum Gasteiger partial charge on any atom is -0.375 e. The summed E-state index contributed by atoms with van der Waals surface area (Å²) in [6.45, 7) is 0. The third-order valence-corrected chi connectivity index (χ3v) is 8.70. The van der Waals surface area contributed by atoms with Gasteiger partial charge in [-0.05, 0) is 42.4 Å². The lowest BCUT2D eigenvalue weighted by Gasteiger charge is -2.28. The first-order chi connectivity index (χ1) is 16.5. The molecule has 0 heterocycles. The first kappa shape index (κ1) is 25.2. The molecule has 0 fully saturated rings. The molecule has 4 rings (SSSR count). The Bertz CT molecular complexity index is 1480. The Hall–Kier alpha value is -2.89. The summed E-state index contributed by atoms with van der Waals surface area (Å²) in [5.74, 6) is -6.59. The molecule has 0 radical (unpaired) electrons. The van der Waals surface area contributed by atoms with E-state index in [9.17, 15) is 21.2 Å². The second-order valence-electron chi connectivity index (χ2n) is 8.36. The predicted octanol–water partition coefficient (Wildman–Crippen LogP) is 4.26. The largest absolute Gasteiger partial charge is 0.375 e. The summed E-state index contributed by atoms with van der Waals surface area (Å²) in [5, 5.41) is 7.63. The standard InChI is InChI=1S/C24H23F3N2O4S2/c25-19-20(26)24(34(30,31)14-13-15-7-2-1-3-8-15)22(21(27)23(19)35(28,32)33)29-18-12-6-10-16-9-4-5-11-17(16)18/h1-5,7-9,11,18,29H,6,10,12-14H2,(H2,28,32,33)/t18-/m0/s1. The predicted molar refractivity (Wildman–Crippen MR) is 126 cm³/mol. The van der Waals surface area contributed by atoms with Crippen LogP contribution in [0.2, 0.25) is 0 Å². The third-order valence-electron chi connectivity index (χ3n) is 6.02. The normalized spacial score (nSPS) is 16.1. The summed E-state index contributed by atoms with van der Waals surface area (Å²) in [6, 6.07) is 15.0. The van der Waals surface area contributed by atoms with Crippen LogP contribution in [0.25, 0.3) is 0 Å². The number of sulfonamides is 1. The molecule has 186 valence electrons. The van der Waals surface area contributed by atoms with Gasteiger partial charge in [0.1, 0.15) is 4.90 Å². The number of rotatable bonds is 7. The molecule has 0 saturated carbocycles. The lowest BCUT2D eigenvalue weighted by atomic mass is 9.87. The summed E-state index contributed by atoms with van der Waals surface area (Å²) in [6.07, 6.45) is 1.79. The van der Waals surface area contributed by atoms with Gasteiger partial charge < -0.3 is 5.32 Å². The minimum absolute atomic E-state index is 0.0471. The van der Waals surface area contributed by atoms with E-state index in [1.807, 2.05) is 12.1 Å². The number of nitrogens with one attached hydrogen (secondary N) is 1. The maximum absolute atomic E-state index is 15.5. The second-order valence-corrected chi connectivity index (χ2v) is 11.9. The number of sulfone groups is 1. The van der Waals surface area contributed by atoms with Crippen molar-refractivity contribution >= 4 is 25.5 Å². The summed E-state index contributed by atoms with van der Waals surface area (Å²) in [7, 11) is -9.66. The number of benzene rings is 3. The lowest BCUT2D eigenvalue weighted by molar-refractivity contribution is 0.439. The Morgan fingerprint density at radius 1 is 0.857 bits per heavy atom. The molecule has 0 saturated heterocycles. The molecule has 0 spiro atoms. The molecule has 0 amide bonds. The zero-order chi connectivity index (χ0) is 25.4. The first-order valence-corrected chi connectivity index (χ1v) is 14.0. The van der Waals surface area contributed by atoms with E-state index in [0.29, 0.717) is 18.4 Å². The Labute approximate surface area is 202 Å². The molecule has 35 heavy (non-hydrogen) atoms. The van der Waals surface area contributed by atoms with Crippen LogP contribution in [0.1, 0.15) is 35.6 Å². The second kappa shape index (κ2) is 9.63. The van der Waals surface area contributed by atoms with E-state index in [-0.39, 0.29) is 6.42 Å². The summed E-state index contributed by atoms with van der Waals surface area (Å²) in [5.41, 5.74) is 1.34. The maximum atomic E-state index is 15.5. The van der Waals surface area contributed by atoms with Crippen LogP contribution in [0.4, 0.5) is 18.9 Å². The van der Waals surface area contributed by atoms with Crippen LogP contribution in [-0.2, 0) is 32.7 Å². The molecule has 6 nitrogen and oxygen atoms in total. The van der Waals surface area contributed by atoms with Gasteiger partial charge in [0, 0.05) is 0 Å². The van der Waals surface area contributed by atoms with Gasteiger partial charge in [0.2, 0.25) is 10.0 Å². The van der Waals surface area contributed by atoms with Gasteiger partial charge in [0.05, 0.1) is 17.5 Å². The van der Waals surface area contributed by atoms with E-state index < -0.39 is 64.6 Å². The Morgan fingerprint density at radius 2 is 1.49 bits per heavy atom. The van der Waals surface area contributed by atoms with E-state index in [0.717, 1.165) is 17.5 Å². The lowest BCUT2D eigenvalue weighted by Crippen LogP contribution is -2.25. The number of anilines is 1. The monoisotopic (exact) mass is 524 g/mol. The van der Waals surface area contributed by atoms with Crippen molar-refractivity contribution in [1.29, 1.82) is 0 Å². The Kier molecular flexibility index (Phi) is 6.94. The highest BCUT2D eigenvalue weighted by atomic mass is 32.2. The molecule has 0 unspecified atom stereocenters. The van der Waals surface area contributed by atoms with Crippen LogP contribution in [0, 0.1) is 17.5 Å². The molecule has 0 bridgehead atoms. The highest BCUT2D eigenvalue weighted by Crippen LogP contribution is 2.40. The van der Waals surface area contributed by atoms with Crippen molar-refractivity contribution < 1.29 is 30.0 Å². The highest BCUT2D eigenvalue weighted by Gasteiger charge is 2.37. The fourth-order valence-corrected chi connectivity index (χ4v) is 6.59. The van der Waals surface area contributed by atoms with Crippen molar-refractivity contribution in [2.75, 3.05) is 11.1 Å². The van der Waals surface area contributed by atoms with Crippen molar-refractivity contribution in [3.05, 3.63) is 88.7 Å². The molecule has 3 N–H and O–H groups in total. The first-order valence-electron chi connectivity index (χ1n) is 10.8. The summed E-state index contributed by atoms with van der Waals surface area (Å²) >= 11 is 0. The van der Waals surface area contributed by atoms with Crippen LogP contribution < -0.4 is 10.5 Å². The summed E-state index contributed by atoms with van der Waals surface area (Å²) < 4.78 is 95.7. The van der Waals surface area contributed by atoms with Gasteiger partial charge >= 0.3 is 0 Å². The molecule has 3 aromatic carbocycles. The topological polar surface area (TPSA) is 106 Å². The summed E-state index contributed by atoms with van der Waals surface area (Å²) in [4.78, 5) is -2.97. The van der Waals surface area contributed by atoms with Gasteiger partial charge in [-0.25, -0.2) is 35.1 Å². The molecule has 0 aromatic heterocycles. The number of hydrogen-bond donors (Lipinski definition) is 2. The van der Waals surface area contributed by atoms with Gasteiger partial charge in [-0.2, -0.15) is 0 Å². The average molecular weight is 525 g/mol. The maximum Gasteiger partial charge on any atom is 0.244 e. The zero-order valence-electron chi connectivity index (χ0n) is 18.5. The van der Waals surface area contributed by atoms with Gasteiger partial charge in [0.25, 0.3) is 0 Å². The van der Waals surface area contributed by atoms with Crippen molar-refractivity contribution in [2.45, 2.75) is 41.5 Å². The van der Waals surface area contributed by atoms with E-state index in [4.69, 9.17) is 5.14 Å². The van der Waals surface area contributed by atoms with Crippen LogP contribution >= 0.6 is 0 Å². The van der Waals surface area contributed by atoms with Crippen molar-refractivity contribution in [2.24, 2.45) is 5.14 Å². The molecule has 0 aliphatic heterocycles. The molecule has 1 aliphatic rings. The Balaban J connectivity index is 1.86. The highest BCUT2D eigenvalue weighted by molar-refractivity contribution is 7.91. The van der Waals surface area contributed by atoms with Crippen molar-refractivity contribution in [3.8, 4) is 0 Å². The quantitative estimate of drug-likeness (QED) is 0.450. The van der Waals surface area contributed by atoms with Gasteiger partial charge in [-0.3, -0.25) is 0 Å². The zero-order valence-corrected chi connectivity index (χ0v) is 20.1. The van der Waals surface area contributed by atoms with Crippen LogP contribution in [0.3, 0.4) is 0 Å². The number of aryl methyl sites for hydroxylation is 2. The van der Waals surface area contributed by atoms with E-state index in [1.54, 1.807) is 42.5 Å². The van der Waals surface area contributed by atoms with Gasteiger partial charge in [-0.1, -0.05) is 54.6 Å².